The highest BCUT2D eigenvalue weighted by molar-refractivity contribution is 6.22. The first-order chi connectivity index (χ1) is 16.1. The number of esters is 1. The maximum absolute atomic E-state index is 12.9. The molecular formula is C23H24N4O7. The molecule has 0 bridgehead atoms. The molecule has 0 radical (unpaired) electrons. The number of amides is 2. The number of carbonyl (C=O) groups is 4. The van der Waals surface area contributed by atoms with Crippen LogP contribution >= 0.6 is 0 Å². The van der Waals surface area contributed by atoms with Crippen LogP contribution in [0.5, 0.6) is 0 Å². The van der Waals surface area contributed by atoms with E-state index in [-0.39, 0.29) is 34.5 Å². The predicted molar refractivity (Wildman–Crippen MR) is 120 cm³/mol. The van der Waals surface area contributed by atoms with Crippen LogP contribution < -0.4 is 17.0 Å². The van der Waals surface area contributed by atoms with E-state index in [0.717, 1.165) is 41.2 Å². The monoisotopic (exact) mass is 468 g/mol. The fourth-order valence-corrected chi connectivity index (χ4v) is 4.47. The van der Waals surface area contributed by atoms with Crippen molar-refractivity contribution in [3.05, 3.63) is 61.3 Å². The Kier molecular flexibility index (Phi) is 5.94. The van der Waals surface area contributed by atoms with Crippen LogP contribution in [-0.2, 0) is 18.8 Å². The number of benzene rings is 1. The van der Waals surface area contributed by atoms with Crippen LogP contribution in [0.3, 0.4) is 0 Å². The quantitative estimate of drug-likeness (QED) is 0.381. The van der Waals surface area contributed by atoms with Gasteiger partial charge >= 0.3 is 11.7 Å². The van der Waals surface area contributed by atoms with Crippen molar-refractivity contribution in [2.45, 2.75) is 38.1 Å². The fourth-order valence-electron chi connectivity index (χ4n) is 4.47. The molecule has 1 aromatic heterocycles. The van der Waals surface area contributed by atoms with Gasteiger partial charge in [0.05, 0.1) is 16.7 Å². The van der Waals surface area contributed by atoms with Gasteiger partial charge in [-0.2, -0.15) is 0 Å². The molecule has 1 aliphatic heterocycles. The zero-order valence-corrected chi connectivity index (χ0v) is 18.8. The maximum Gasteiger partial charge on any atom is 0.338 e. The van der Waals surface area contributed by atoms with Crippen molar-refractivity contribution in [3.8, 4) is 0 Å². The second-order valence-corrected chi connectivity index (χ2v) is 8.50. The Morgan fingerprint density at radius 1 is 0.971 bits per heavy atom. The molecule has 2 amide bonds. The number of ketones is 1. The number of nitrogen functional groups attached to an aromatic ring is 1. The molecule has 0 atom stereocenters. The molecule has 1 saturated carbocycles. The average molecular weight is 468 g/mol. The molecule has 0 unspecified atom stereocenters. The van der Waals surface area contributed by atoms with E-state index in [4.69, 9.17) is 10.5 Å². The summed E-state index contributed by atoms with van der Waals surface area (Å²) in [6, 6.07) is 3.88. The molecule has 11 heteroatoms. The standard InChI is InChI=1S/C23H24N4O7/c1-25-18(24)17(21(31)26(2)23(25)33)16(28)11-34-22(32)12-8-9-14-15(10-12)20(30)27(19(14)29)13-6-4-3-5-7-13/h8-10,13H,3-7,11,24H2,1-2H3. The van der Waals surface area contributed by atoms with Gasteiger partial charge in [0.2, 0.25) is 5.78 Å². The Hall–Kier alpha value is -4.02. The van der Waals surface area contributed by atoms with Gasteiger partial charge in [-0.3, -0.25) is 33.2 Å². The number of rotatable bonds is 5. The molecule has 2 heterocycles. The molecule has 2 N–H and O–H groups in total. The number of imide groups is 1. The summed E-state index contributed by atoms with van der Waals surface area (Å²) in [5.41, 5.74) is 4.02. The summed E-state index contributed by atoms with van der Waals surface area (Å²) >= 11 is 0. The van der Waals surface area contributed by atoms with E-state index in [2.05, 4.69) is 0 Å². The maximum atomic E-state index is 12.9. The third-order valence-electron chi connectivity index (χ3n) is 6.42. The minimum Gasteiger partial charge on any atom is -0.454 e. The molecule has 0 spiro atoms. The highest BCUT2D eigenvalue weighted by atomic mass is 16.5. The second-order valence-electron chi connectivity index (χ2n) is 8.50. The van der Waals surface area contributed by atoms with Crippen LogP contribution in [0, 0.1) is 0 Å². The molecule has 11 nitrogen and oxygen atoms in total. The van der Waals surface area contributed by atoms with E-state index in [0.29, 0.717) is 0 Å². The van der Waals surface area contributed by atoms with Gasteiger partial charge in [-0.15, -0.1) is 0 Å². The summed E-state index contributed by atoms with van der Waals surface area (Å²) in [4.78, 5) is 76.3. The second kappa shape index (κ2) is 8.73. The molecule has 0 saturated heterocycles. The van der Waals surface area contributed by atoms with Crippen LogP contribution in [0.4, 0.5) is 5.82 Å². The van der Waals surface area contributed by atoms with Gasteiger partial charge < -0.3 is 10.5 Å². The van der Waals surface area contributed by atoms with E-state index < -0.39 is 41.1 Å². The fraction of sp³-hybridized carbons (Fsp3) is 0.391. The third-order valence-corrected chi connectivity index (χ3v) is 6.42. The van der Waals surface area contributed by atoms with Gasteiger partial charge in [-0.05, 0) is 31.0 Å². The van der Waals surface area contributed by atoms with Crippen molar-refractivity contribution >= 4 is 29.4 Å². The van der Waals surface area contributed by atoms with Gasteiger partial charge in [0.15, 0.2) is 6.61 Å². The van der Waals surface area contributed by atoms with Crippen LogP contribution in [-0.4, -0.2) is 50.2 Å². The number of ether oxygens (including phenoxy) is 1. The van der Waals surface area contributed by atoms with E-state index in [1.54, 1.807) is 0 Å². The largest absolute Gasteiger partial charge is 0.454 e. The van der Waals surface area contributed by atoms with E-state index in [1.807, 2.05) is 0 Å². The van der Waals surface area contributed by atoms with Crippen LogP contribution in [0.25, 0.3) is 0 Å². The van der Waals surface area contributed by atoms with Crippen molar-refractivity contribution in [1.29, 1.82) is 0 Å². The topological polar surface area (TPSA) is 151 Å². The van der Waals surface area contributed by atoms with E-state index in [1.165, 1.54) is 37.2 Å². The van der Waals surface area contributed by atoms with Crippen molar-refractivity contribution in [2.24, 2.45) is 14.1 Å². The summed E-state index contributed by atoms with van der Waals surface area (Å²) < 4.78 is 6.71. The minimum absolute atomic E-state index is 0.0143. The normalized spacial score (nSPS) is 16.0. The lowest BCUT2D eigenvalue weighted by atomic mass is 9.94. The summed E-state index contributed by atoms with van der Waals surface area (Å²) in [6.45, 7) is -0.797. The van der Waals surface area contributed by atoms with Gasteiger partial charge in [0, 0.05) is 20.1 Å². The van der Waals surface area contributed by atoms with Crippen molar-refractivity contribution in [1.82, 2.24) is 14.0 Å². The summed E-state index contributed by atoms with van der Waals surface area (Å²) in [5, 5.41) is 0. The number of hydrogen-bond acceptors (Lipinski definition) is 8. The number of anilines is 1. The number of nitrogens with zero attached hydrogens (tertiary/aromatic N) is 3. The van der Waals surface area contributed by atoms with Crippen molar-refractivity contribution in [2.75, 3.05) is 12.3 Å². The summed E-state index contributed by atoms with van der Waals surface area (Å²) in [7, 11) is 2.51. The van der Waals surface area contributed by atoms with E-state index in [9.17, 15) is 28.8 Å². The molecule has 1 fully saturated rings. The van der Waals surface area contributed by atoms with Crippen molar-refractivity contribution < 1.29 is 23.9 Å². The highest BCUT2D eigenvalue weighted by Gasteiger charge is 2.40. The first kappa shape index (κ1) is 23.1. The number of Topliss-reactive ketones (excluding diaryl/α,β-unsaturated/α-hetero) is 1. The summed E-state index contributed by atoms with van der Waals surface area (Å²) in [6.07, 6.45) is 4.50. The Balaban J connectivity index is 1.51. The smallest absolute Gasteiger partial charge is 0.338 e. The van der Waals surface area contributed by atoms with Gasteiger partial charge in [0.1, 0.15) is 11.4 Å². The van der Waals surface area contributed by atoms with Gasteiger partial charge in [0.25, 0.3) is 17.4 Å². The minimum atomic E-state index is -0.910. The lowest BCUT2D eigenvalue weighted by molar-refractivity contribution is 0.0474. The highest BCUT2D eigenvalue weighted by Crippen LogP contribution is 2.31. The number of carbonyl (C=O) groups excluding carboxylic acids is 4. The molecule has 2 aromatic rings. The van der Waals surface area contributed by atoms with Crippen LogP contribution in [0.15, 0.2) is 27.8 Å². The van der Waals surface area contributed by atoms with Gasteiger partial charge in [-0.1, -0.05) is 19.3 Å². The number of fused-ring (bicyclic) bond motifs is 1. The molecule has 178 valence electrons. The third kappa shape index (κ3) is 3.72. The Morgan fingerprint density at radius 3 is 2.29 bits per heavy atom. The molecule has 4 rings (SSSR count). The first-order valence-corrected chi connectivity index (χ1v) is 10.9. The Bertz CT molecular complexity index is 1350. The SMILES string of the molecule is Cn1c(N)c(C(=O)COC(=O)c2ccc3c(c2)C(=O)N(C2CCCCC2)C3=O)c(=O)n(C)c1=O. The van der Waals surface area contributed by atoms with E-state index >= 15 is 0 Å². The van der Waals surface area contributed by atoms with Crippen molar-refractivity contribution in [3.63, 3.8) is 0 Å². The number of nitrogens with two attached hydrogens (primary N) is 1. The number of aromatic nitrogens is 2. The molecule has 34 heavy (non-hydrogen) atoms. The first-order valence-electron chi connectivity index (χ1n) is 10.9. The van der Waals surface area contributed by atoms with Gasteiger partial charge in [-0.25, -0.2) is 9.59 Å². The zero-order chi connectivity index (χ0) is 24.7. The van der Waals surface area contributed by atoms with Crippen LogP contribution in [0.2, 0.25) is 0 Å². The lowest BCUT2D eigenvalue weighted by Crippen LogP contribution is -2.42. The Labute approximate surface area is 193 Å². The lowest BCUT2D eigenvalue weighted by Gasteiger charge is -2.29. The Morgan fingerprint density at radius 2 is 1.62 bits per heavy atom. The number of hydrogen-bond donors (Lipinski definition) is 1. The molecular weight excluding hydrogens is 444 g/mol. The van der Waals surface area contributed by atoms with Crippen LogP contribution in [0.1, 0.15) is 73.5 Å². The zero-order valence-electron chi connectivity index (χ0n) is 18.8. The molecule has 1 aliphatic carbocycles. The molecule has 2 aliphatic rings. The summed E-state index contributed by atoms with van der Waals surface area (Å²) in [5.74, 6) is -2.94. The predicted octanol–water partition coefficient (Wildman–Crippen LogP) is 0.635. The molecule has 1 aromatic carbocycles. The average Bonchev–Trinajstić information content (AvgIpc) is 3.09.